The van der Waals surface area contributed by atoms with Crippen LogP contribution in [0.1, 0.15) is 40.3 Å². The Hall–Kier alpha value is -3.30. The first-order valence-electron chi connectivity index (χ1n) is 9.98. The van der Waals surface area contributed by atoms with Crippen molar-refractivity contribution in [3.63, 3.8) is 0 Å². The van der Waals surface area contributed by atoms with E-state index in [0.717, 1.165) is 23.1 Å². The second-order valence-corrected chi connectivity index (χ2v) is 8.25. The molecule has 8 nitrogen and oxygen atoms in total. The summed E-state index contributed by atoms with van der Waals surface area (Å²) in [6.07, 6.45) is 4.60. The van der Waals surface area contributed by atoms with E-state index in [1.54, 1.807) is 31.5 Å². The third-order valence-corrected chi connectivity index (χ3v) is 5.44. The number of aliphatic imine (C=N–C) groups is 1. The van der Waals surface area contributed by atoms with Crippen molar-refractivity contribution in [1.82, 2.24) is 9.71 Å². The van der Waals surface area contributed by atoms with Gasteiger partial charge in [0.15, 0.2) is 11.1 Å². The molecule has 2 heterocycles. The monoisotopic (exact) mass is 485 g/mol. The van der Waals surface area contributed by atoms with Crippen LogP contribution >= 0.6 is 23.5 Å². The Morgan fingerprint density at radius 3 is 2.76 bits per heavy atom. The van der Waals surface area contributed by atoms with Gasteiger partial charge in [-0.15, -0.1) is 0 Å². The fourth-order valence-electron chi connectivity index (χ4n) is 3.40. The van der Waals surface area contributed by atoms with Crippen LogP contribution in [0.5, 0.6) is 0 Å². The van der Waals surface area contributed by atoms with Crippen molar-refractivity contribution in [2.45, 2.75) is 19.9 Å². The quantitative estimate of drug-likeness (QED) is 0.258. The minimum absolute atomic E-state index is 0.162. The topological polar surface area (TPSA) is 123 Å². The highest BCUT2D eigenvalue weighted by Crippen LogP contribution is 2.30. The molecule has 0 saturated carbocycles. The maximum absolute atomic E-state index is 12.9. The van der Waals surface area contributed by atoms with Crippen molar-refractivity contribution in [3.05, 3.63) is 74.5 Å². The highest BCUT2D eigenvalue weighted by Gasteiger charge is 2.20. The zero-order valence-electron chi connectivity index (χ0n) is 18.6. The van der Waals surface area contributed by atoms with Crippen LogP contribution in [0.15, 0.2) is 50.7 Å². The number of carbonyl (C=O) groups excluding carboxylic acids is 1. The van der Waals surface area contributed by atoms with Gasteiger partial charge in [0.05, 0.1) is 22.7 Å². The lowest BCUT2D eigenvalue weighted by molar-refractivity contribution is 0.0980. The van der Waals surface area contributed by atoms with Gasteiger partial charge < -0.3 is 15.5 Å². The standard InChI is InChI=1S/C23H24ClN5O3S/c1-12-7-15(13(2)27-17-5-6-20(24)28-21(17)23(31)29-33-4)22-16(8-12)18(30)9-19(32-22)14(10-25)11-26-3/h5-11,13,27H,25H2,1-4H3,(H,29,31)/b14-10+,26-11?. The average molecular weight is 486 g/mol. The van der Waals surface area contributed by atoms with E-state index in [2.05, 4.69) is 20.0 Å². The molecule has 1 amide bonds. The van der Waals surface area contributed by atoms with Gasteiger partial charge in [0.1, 0.15) is 16.5 Å². The molecule has 1 aromatic carbocycles. The number of nitrogens with two attached hydrogens (primary N) is 1. The summed E-state index contributed by atoms with van der Waals surface area (Å²) in [7, 11) is 1.61. The van der Waals surface area contributed by atoms with E-state index in [0.29, 0.717) is 28.0 Å². The molecule has 3 rings (SSSR count). The maximum Gasteiger partial charge on any atom is 0.281 e. The smallest absolute Gasteiger partial charge is 0.281 e. The lowest BCUT2D eigenvalue weighted by atomic mass is 10.0. The summed E-state index contributed by atoms with van der Waals surface area (Å²) < 4.78 is 8.78. The Morgan fingerprint density at radius 2 is 2.09 bits per heavy atom. The number of allylic oxidation sites excluding steroid dienone is 1. The second-order valence-electron chi connectivity index (χ2n) is 7.25. The fraction of sp³-hybridized carbons (Fsp3) is 0.217. The summed E-state index contributed by atoms with van der Waals surface area (Å²) in [5.74, 6) is -0.0645. The zero-order valence-corrected chi connectivity index (χ0v) is 20.2. The molecule has 0 radical (unpaired) electrons. The highest BCUT2D eigenvalue weighted by molar-refractivity contribution is 7.97. The molecule has 0 saturated heterocycles. The number of halogens is 1. The molecule has 1 atom stereocenters. The molecular formula is C23H24ClN5O3S. The Bertz CT molecular complexity index is 1320. The molecule has 0 aliphatic heterocycles. The molecule has 33 heavy (non-hydrogen) atoms. The molecule has 10 heteroatoms. The molecule has 0 bridgehead atoms. The number of pyridine rings is 1. The normalized spacial score (nSPS) is 12.8. The number of rotatable bonds is 7. The lowest BCUT2D eigenvalue weighted by Crippen LogP contribution is -2.20. The maximum atomic E-state index is 12.9. The Balaban J connectivity index is 2.13. The number of hydrogen-bond acceptors (Lipinski definition) is 8. The zero-order chi connectivity index (χ0) is 24.1. The van der Waals surface area contributed by atoms with Gasteiger partial charge in [-0.2, -0.15) is 0 Å². The summed E-state index contributed by atoms with van der Waals surface area (Å²) in [4.78, 5) is 33.5. The summed E-state index contributed by atoms with van der Waals surface area (Å²) >= 11 is 7.18. The first kappa shape index (κ1) is 24.3. The molecule has 3 aromatic rings. The van der Waals surface area contributed by atoms with Crippen LogP contribution in [0.3, 0.4) is 0 Å². The number of hydrogen-bond donors (Lipinski definition) is 3. The molecule has 1 unspecified atom stereocenters. The van der Waals surface area contributed by atoms with Crippen LogP contribution in [-0.4, -0.2) is 30.4 Å². The van der Waals surface area contributed by atoms with Gasteiger partial charge in [0, 0.05) is 37.3 Å². The summed E-state index contributed by atoms with van der Waals surface area (Å²) in [5.41, 5.74) is 8.71. The SMILES string of the molecule is CN=C/C(=C\N)c1cc(=O)c2cc(C)cc(C(C)Nc3ccc(Cl)nc3C(=O)NSC)c2o1. The van der Waals surface area contributed by atoms with Gasteiger partial charge in [0.2, 0.25) is 0 Å². The molecular weight excluding hydrogens is 462 g/mol. The Labute approximate surface area is 200 Å². The van der Waals surface area contributed by atoms with Crippen molar-refractivity contribution in [2.75, 3.05) is 18.6 Å². The van der Waals surface area contributed by atoms with Crippen LogP contribution in [0, 0.1) is 6.92 Å². The van der Waals surface area contributed by atoms with Crippen molar-refractivity contribution < 1.29 is 9.21 Å². The van der Waals surface area contributed by atoms with E-state index in [1.807, 2.05) is 19.9 Å². The van der Waals surface area contributed by atoms with Gasteiger partial charge in [-0.3, -0.25) is 19.3 Å². The van der Waals surface area contributed by atoms with Crippen molar-refractivity contribution >= 4 is 57.9 Å². The predicted octanol–water partition coefficient (Wildman–Crippen LogP) is 4.33. The van der Waals surface area contributed by atoms with Gasteiger partial charge >= 0.3 is 0 Å². The molecule has 172 valence electrons. The van der Waals surface area contributed by atoms with Gasteiger partial charge in [0.25, 0.3) is 5.91 Å². The van der Waals surface area contributed by atoms with E-state index in [4.69, 9.17) is 21.8 Å². The van der Waals surface area contributed by atoms with E-state index < -0.39 is 0 Å². The number of fused-ring (bicyclic) bond motifs is 1. The summed E-state index contributed by atoms with van der Waals surface area (Å²) in [6, 6.07) is 8.05. The number of nitrogens with one attached hydrogen (secondary N) is 2. The fourth-order valence-corrected chi connectivity index (χ4v) is 3.83. The minimum Gasteiger partial charge on any atom is -0.455 e. The van der Waals surface area contributed by atoms with Crippen LogP contribution in [-0.2, 0) is 0 Å². The number of amides is 1. The van der Waals surface area contributed by atoms with Crippen LogP contribution in [0.25, 0.3) is 16.5 Å². The first-order chi connectivity index (χ1) is 15.8. The lowest BCUT2D eigenvalue weighted by Gasteiger charge is -2.19. The summed E-state index contributed by atoms with van der Waals surface area (Å²) in [6.45, 7) is 3.80. The van der Waals surface area contributed by atoms with E-state index in [9.17, 15) is 9.59 Å². The third-order valence-electron chi connectivity index (χ3n) is 4.84. The third kappa shape index (κ3) is 5.37. The molecule has 4 N–H and O–H groups in total. The van der Waals surface area contributed by atoms with Crippen LogP contribution < -0.4 is 21.2 Å². The first-order valence-corrected chi connectivity index (χ1v) is 11.6. The molecule has 2 aromatic heterocycles. The molecule has 0 aliphatic carbocycles. The average Bonchev–Trinajstić information content (AvgIpc) is 2.78. The Kier molecular flexibility index (Phi) is 7.78. The number of anilines is 1. The number of carbonyl (C=O) groups is 1. The predicted molar refractivity (Wildman–Crippen MR) is 136 cm³/mol. The van der Waals surface area contributed by atoms with E-state index >= 15 is 0 Å². The number of aromatic nitrogens is 1. The van der Waals surface area contributed by atoms with Crippen LogP contribution in [0.2, 0.25) is 5.15 Å². The highest BCUT2D eigenvalue weighted by atomic mass is 35.5. The molecule has 0 aliphatic rings. The van der Waals surface area contributed by atoms with Crippen molar-refractivity contribution in [2.24, 2.45) is 10.7 Å². The molecule has 0 spiro atoms. The number of benzene rings is 1. The largest absolute Gasteiger partial charge is 0.455 e. The number of nitrogens with zero attached hydrogens (tertiary/aromatic N) is 2. The van der Waals surface area contributed by atoms with Gasteiger partial charge in [-0.1, -0.05) is 29.6 Å². The molecule has 0 fully saturated rings. The van der Waals surface area contributed by atoms with E-state index in [1.165, 1.54) is 18.5 Å². The van der Waals surface area contributed by atoms with Crippen molar-refractivity contribution in [3.8, 4) is 0 Å². The van der Waals surface area contributed by atoms with Gasteiger partial charge in [-0.25, -0.2) is 4.98 Å². The van der Waals surface area contributed by atoms with Crippen molar-refractivity contribution in [1.29, 1.82) is 0 Å². The Morgan fingerprint density at radius 1 is 1.33 bits per heavy atom. The van der Waals surface area contributed by atoms with E-state index in [-0.39, 0.29) is 28.2 Å². The van der Waals surface area contributed by atoms with Crippen LogP contribution in [0.4, 0.5) is 5.69 Å². The number of aryl methyl sites for hydroxylation is 1. The minimum atomic E-state index is -0.376. The second kappa shape index (κ2) is 10.5. The van der Waals surface area contributed by atoms with Gasteiger partial charge in [-0.05, 0) is 37.6 Å². The summed E-state index contributed by atoms with van der Waals surface area (Å²) in [5, 5.41) is 3.95.